The van der Waals surface area contributed by atoms with Gasteiger partial charge in [0.05, 0.1) is 7.11 Å². The molecule has 0 unspecified atom stereocenters. The number of aromatic nitrogens is 2. The Morgan fingerprint density at radius 3 is 2.64 bits per heavy atom. The molecule has 148 valence electrons. The van der Waals surface area contributed by atoms with E-state index < -0.39 is 0 Å². The fourth-order valence-electron chi connectivity index (χ4n) is 3.25. The van der Waals surface area contributed by atoms with E-state index in [1.165, 1.54) is 30.2 Å². The molecule has 2 aromatic rings. The van der Waals surface area contributed by atoms with Gasteiger partial charge in [0.1, 0.15) is 5.56 Å². The van der Waals surface area contributed by atoms with Gasteiger partial charge in [0.2, 0.25) is 5.88 Å². The predicted molar refractivity (Wildman–Crippen MR) is 108 cm³/mol. The third-order valence-corrected chi connectivity index (χ3v) is 4.75. The van der Waals surface area contributed by atoms with Crippen molar-refractivity contribution >= 4 is 17.5 Å². The SMILES string of the molecule is COc1nn(C)cc1C(=O)Nc1ccc(C(=O)NCCC2=CCCCC2)cc1. The smallest absolute Gasteiger partial charge is 0.262 e. The third kappa shape index (κ3) is 5.00. The second-order valence-corrected chi connectivity index (χ2v) is 6.87. The molecule has 0 saturated heterocycles. The summed E-state index contributed by atoms with van der Waals surface area (Å²) < 4.78 is 6.63. The number of methoxy groups -OCH3 is 1. The minimum Gasteiger partial charge on any atom is -0.479 e. The fraction of sp³-hybridized carbons (Fsp3) is 0.381. The molecule has 1 aliphatic rings. The van der Waals surface area contributed by atoms with Crippen LogP contribution in [-0.2, 0) is 7.05 Å². The summed E-state index contributed by atoms with van der Waals surface area (Å²) >= 11 is 0. The zero-order valence-electron chi connectivity index (χ0n) is 16.3. The first-order valence-corrected chi connectivity index (χ1v) is 9.52. The number of allylic oxidation sites excluding steroid dienone is 1. The molecule has 0 spiro atoms. The maximum Gasteiger partial charge on any atom is 0.262 e. The highest BCUT2D eigenvalue weighted by Crippen LogP contribution is 2.20. The Labute approximate surface area is 164 Å². The second kappa shape index (κ2) is 9.21. The van der Waals surface area contributed by atoms with Gasteiger partial charge in [-0.1, -0.05) is 11.6 Å². The molecule has 7 nitrogen and oxygen atoms in total. The van der Waals surface area contributed by atoms with Crippen molar-refractivity contribution in [2.75, 3.05) is 19.0 Å². The summed E-state index contributed by atoms with van der Waals surface area (Å²) in [6, 6.07) is 6.81. The van der Waals surface area contributed by atoms with Crippen LogP contribution in [0, 0.1) is 0 Å². The lowest BCUT2D eigenvalue weighted by Gasteiger charge is -2.13. The predicted octanol–water partition coefficient (Wildman–Crippen LogP) is 3.30. The molecule has 28 heavy (non-hydrogen) atoms. The number of carbonyl (C=O) groups is 2. The van der Waals surface area contributed by atoms with Crippen LogP contribution in [0.25, 0.3) is 0 Å². The van der Waals surface area contributed by atoms with E-state index in [0.29, 0.717) is 23.4 Å². The molecule has 1 aromatic heterocycles. The minimum absolute atomic E-state index is 0.108. The summed E-state index contributed by atoms with van der Waals surface area (Å²) in [6.07, 6.45) is 9.62. The zero-order valence-corrected chi connectivity index (χ0v) is 16.3. The monoisotopic (exact) mass is 382 g/mol. The van der Waals surface area contributed by atoms with Gasteiger partial charge >= 0.3 is 0 Å². The molecule has 0 atom stereocenters. The first-order valence-electron chi connectivity index (χ1n) is 9.52. The number of anilines is 1. The quantitative estimate of drug-likeness (QED) is 0.720. The number of nitrogens with one attached hydrogen (secondary N) is 2. The summed E-state index contributed by atoms with van der Waals surface area (Å²) in [5.41, 5.74) is 2.95. The molecule has 2 N–H and O–H groups in total. The zero-order chi connectivity index (χ0) is 19.9. The van der Waals surface area contributed by atoms with E-state index in [1.54, 1.807) is 37.5 Å². The maximum absolute atomic E-state index is 12.4. The molecule has 0 saturated carbocycles. The largest absolute Gasteiger partial charge is 0.479 e. The molecule has 0 radical (unpaired) electrons. The standard InChI is InChI=1S/C21H26N4O3/c1-25-14-18(21(24-25)28-2)20(27)23-17-10-8-16(9-11-17)19(26)22-13-12-15-6-4-3-5-7-15/h6,8-11,14H,3-5,7,12-13H2,1-2H3,(H,22,26)(H,23,27). The summed E-state index contributed by atoms with van der Waals surface area (Å²) in [6.45, 7) is 0.643. The number of hydrogen-bond acceptors (Lipinski definition) is 4. The Balaban J connectivity index is 1.53. The molecule has 0 aliphatic heterocycles. The van der Waals surface area contributed by atoms with E-state index in [1.807, 2.05) is 0 Å². The normalized spacial score (nSPS) is 13.6. The van der Waals surface area contributed by atoms with E-state index in [4.69, 9.17) is 4.74 Å². The highest BCUT2D eigenvalue weighted by molar-refractivity contribution is 6.06. The van der Waals surface area contributed by atoms with Crippen LogP contribution >= 0.6 is 0 Å². The Hall–Kier alpha value is -3.09. The Morgan fingerprint density at radius 2 is 1.96 bits per heavy atom. The molecular formula is C21H26N4O3. The van der Waals surface area contributed by atoms with Crippen molar-refractivity contribution < 1.29 is 14.3 Å². The van der Waals surface area contributed by atoms with Gasteiger partial charge in [-0.2, -0.15) is 0 Å². The van der Waals surface area contributed by atoms with Crippen LogP contribution in [0.2, 0.25) is 0 Å². The second-order valence-electron chi connectivity index (χ2n) is 6.87. The first kappa shape index (κ1) is 19.7. The van der Waals surface area contributed by atoms with Crippen molar-refractivity contribution in [3.8, 4) is 5.88 Å². The molecule has 0 fully saturated rings. The summed E-state index contributed by atoms with van der Waals surface area (Å²) in [7, 11) is 3.19. The molecule has 1 heterocycles. The Morgan fingerprint density at radius 1 is 1.18 bits per heavy atom. The van der Waals surface area contributed by atoms with Gasteiger partial charge in [0, 0.05) is 31.0 Å². The van der Waals surface area contributed by atoms with Crippen molar-refractivity contribution in [2.24, 2.45) is 7.05 Å². The number of aryl methyl sites for hydroxylation is 1. The topological polar surface area (TPSA) is 85.2 Å². The van der Waals surface area contributed by atoms with Gasteiger partial charge in [-0.15, -0.1) is 5.10 Å². The van der Waals surface area contributed by atoms with Gasteiger partial charge in [0.15, 0.2) is 0 Å². The van der Waals surface area contributed by atoms with Crippen LogP contribution < -0.4 is 15.4 Å². The van der Waals surface area contributed by atoms with E-state index >= 15 is 0 Å². The third-order valence-electron chi connectivity index (χ3n) is 4.75. The van der Waals surface area contributed by atoms with E-state index in [9.17, 15) is 9.59 Å². The van der Waals surface area contributed by atoms with Crippen LogP contribution in [0.5, 0.6) is 5.88 Å². The van der Waals surface area contributed by atoms with Crippen LogP contribution in [0.3, 0.4) is 0 Å². The fourth-order valence-corrected chi connectivity index (χ4v) is 3.25. The minimum atomic E-state index is -0.317. The maximum atomic E-state index is 12.4. The molecular weight excluding hydrogens is 356 g/mol. The molecule has 1 aromatic carbocycles. The number of hydrogen-bond donors (Lipinski definition) is 2. The summed E-state index contributed by atoms with van der Waals surface area (Å²) in [5.74, 6) is -0.157. The van der Waals surface area contributed by atoms with Gasteiger partial charge in [0.25, 0.3) is 11.8 Å². The average molecular weight is 382 g/mol. The van der Waals surface area contributed by atoms with Crippen LogP contribution in [-0.4, -0.2) is 35.2 Å². The van der Waals surface area contributed by atoms with Gasteiger partial charge in [-0.3, -0.25) is 14.3 Å². The van der Waals surface area contributed by atoms with Crippen molar-refractivity contribution in [3.63, 3.8) is 0 Å². The molecule has 1 aliphatic carbocycles. The van der Waals surface area contributed by atoms with Crippen molar-refractivity contribution in [2.45, 2.75) is 32.1 Å². The van der Waals surface area contributed by atoms with Crippen molar-refractivity contribution in [1.29, 1.82) is 0 Å². The lowest BCUT2D eigenvalue weighted by molar-refractivity contribution is 0.0953. The number of rotatable bonds is 7. The van der Waals surface area contributed by atoms with Gasteiger partial charge < -0.3 is 15.4 Å². The summed E-state index contributed by atoms with van der Waals surface area (Å²) in [4.78, 5) is 24.7. The van der Waals surface area contributed by atoms with Crippen LogP contribution in [0.1, 0.15) is 52.8 Å². The van der Waals surface area contributed by atoms with Gasteiger partial charge in [-0.05, 0) is 56.4 Å². The number of nitrogens with zero attached hydrogens (tertiary/aromatic N) is 2. The van der Waals surface area contributed by atoms with E-state index in [0.717, 1.165) is 19.3 Å². The number of carbonyl (C=O) groups excluding carboxylic acids is 2. The van der Waals surface area contributed by atoms with Crippen molar-refractivity contribution in [3.05, 3.63) is 53.2 Å². The lowest BCUT2D eigenvalue weighted by atomic mass is 9.97. The van der Waals surface area contributed by atoms with Crippen LogP contribution in [0.4, 0.5) is 5.69 Å². The van der Waals surface area contributed by atoms with Crippen molar-refractivity contribution in [1.82, 2.24) is 15.1 Å². The molecule has 2 amide bonds. The highest BCUT2D eigenvalue weighted by atomic mass is 16.5. The Kier molecular flexibility index (Phi) is 6.47. The first-order chi connectivity index (χ1) is 13.6. The average Bonchev–Trinajstić information content (AvgIpc) is 3.10. The lowest BCUT2D eigenvalue weighted by Crippen LogP contribution is -2.24. The van der Waals surface area contributed by atoms with E-state index in [-0.39, 0.29) is 17.7 Å². The molecule has 3 rings (SSSR count). The highest BCUT2D eigenvalue weighted by Gasteiger charge is 2.16. The summed E-state index contributed by atoms with van der Waals surface area (Å²) in [5, 5.41) is 9.81. The Bertz CT molecular complexity index is 868. The van der Waals surface area contributed by atoms with Crippen LogP contribution in [0.15, 0.2) is 42.1 Å². The number of ether oxygens (including phenoxy) is 1. The number of benzene rings is 1. The van der Waals surface area contributed by atoms with E-state index in [2.05, 4.69) is 21.8 Å². The molecule has 0 bridgehead atoms. The van der Waals surface area contributed by atoms with Gasteiger partial charge in [-0.25, -0.2) is 0 Å². The molecule has 7 heteroatoms. The number of amides is 2.